The number of fused-ring (bicyclic) bond motifs is 4. The van der Waals surface area contributed by atoms with Crippen molar-refractivity contribution >= 4 is 5.91 Å². The number of hydrogen-bond acceptors (Lipinski definition) is 1. The molecule has 0 saturated heterocycles. The zero-order valence-electron chi connectivity index (χ0n) is 11.7. The smallest absolute Gasteiger partial charge is 0.229 e. The van der Waals surface area contributed by atoms with Crippen LogP contribution >= 0.6 is 0 Å². The van der Waals surface area contributed by atoms with Gasteiger partial charge in [-0.05, 0) is 23.1 Å². The number of amides is 1. The summed E-state index contributed by atoms with van der Waals surface area (Å²) in [5.74, 6) is 0.0376. The van der Waals surface area contributed by atoms with E-state index in [4.69, 9.17) is 5.73 Å². The van der Waals surface area contributed by atoms with E-state index < -0.39 is 5.41 Å². The van der Waals surface area contributed by atoms with Crippen molar-refractivity contribution in [2.24, 2.45) is 5.73 Å². The topological polar surface area (TPSA) is 43.1 Å². The van der Waals surface area contributed by atoms with Gasteiger partial charge < -0.3 is 5.73 Å². The molecule has 21 heavy (non-hydrogen) atoms. The molecule has 2 heteroatoms. The molecule has 1 unspecified atom stereocenters. The quantitative estimate of drug-likeness (QED) is 0.840. The van der Waals surface area contributed by atoms with Crippen LogP contribution in [-0.4, -0.2) is 5.91 Å². The Balaban J connectivity index is 1.95. The van der Waals surface area contributed by atoms with E-state index in [-0.39, 0.29) is 17.7 Å². The minimum atomic E-state index is -0.577. The molecule has 0 bridgehead atoms. The Morgan fingerprint density at radius 2 is 1.76 bits per heavy atom. The molecule has 0 fully saturated rings. The molecule has 0 aromatic heterocycles. The largest absolute Gasteiger partial charge is 0.369 e. The van der Waals surface area contributed by atoms with Crippen LogP contribution in [0, 0.1) is 0 Å². The lowest BCUT2D eigenvalue weighted by Gasteiger charge is -2.54. The number of nitrogens with two attached hydrogens (primary N) is 1. The standard InChI is InChI=1S/C19H17NO/c20-18(21)19-15(13-7-2-1-3-8-13)11-6-12-17(19)14-9-4-5-10-16(14)19/h1-10,12,15,17H,11H2,(H2,20,21)/t15-,17?,19+/m1/s1. The minimum absolute atomic E-state index is 0.116. The predicted octanol–water partition coefficient (Wildman–Crippen LogP) is 3.25. The molecule has 0 saturated carbocycles. The Hall–Kier alpha value is -2.35. The van der Waals surface area contributed by atoms with Crippen LogP contribution in [0.25, 0.3) is 0 Å². The zero-order chi connectivity index (χ0) is 14.4. The first-order chi connectivity index (χ1) is 10.3. The third kappa shape index (κ3) is 1.45. The molecule has 0 heterocycles. The van der Waals surface area contributed by atoms with Crippen molar-refractivity contribution < 1.29 is 4.79 Å². The molecule has 1 amide bonds. The van der Waals surface area contributed by atoms with Crippen molar-refractivity contribution in [3.63, 3.8) is 0 Å². The maximum absolute atomic E-state index is 12.5. The molecule has 0 spiro atoms. The maximum Gasteiger partial charge on any atom is 0.229 e. The summed E-state index contributed by atoms with van der Waals surface area (Å²) in [4.78, 5) is 12.5. The highest BCUT2D eigenvalue weighted by atomic mass is 16.1. The summed E-state index contributed by atoms with van der Waals surface area (Å²) in [7, 11) is 0. The number of carbonyl (C=O) groups is 1. The average molecular weight is 275 g/mol. The highest BCUT2D eigenvalue weighted by molar-refractivity contribution is 5.94. The van der Waals surface area contributed by atoms with Gasteiger partial charge in [-0.15, -0.1) is 0 Å². The summed E-state index contributed by atoms with van der Waals surface area (Å²) >= 11 is 0. The van der Waals surface area contributed by atoms with E-state index in [1.807, 2.05) is 30.3 Å². The van der Waals surface area contributed by atoms with Crippen molar-refractivity contribution in [1.82, 2.24) is 0 Å². The third-order valence-electron chi connectivity index (χ3n) is 5.09. The van der Waals surface area contributed by atoms with Crippen LogP contribution in [0.1, 0.15) is 34.9 Å². The van der Waals surface area contributed by atoms with E-state index in [9.17, 15) is 4.79 Å². The molecule has 2 aliphatic rings. The van der Waals surface area contributed by atoms with Gasteiger partial charge in [0.25, 0.3) is 0 Å². The third-order valence-corrected chi connectivity index (χ3v) is 5.09. The van der Waals surface area contributed by atoms with Crippen LogP contribution in [-0.2, 0) is 10.2 Å². The molecule has 104 valence electrons. The summed E-state index contributed by atoms with van der Waals surface area (Å²) in [6.07, 6.45) is 5.21. The number of carbonyl (C=O) groups excluding carboxylic acids is 1. The fourth-order valence-electron chi connectivity index (χ4n) is 4.22. The number of rotatable bonds is 2. The highest BCUT2D eigenvalue weighted by Gasteiger charge is 2.60. The summed E-state index contributed by atoms with van der Waals surface area (Å²) in [5, 5.41) is 0. The number of allylic oxidation sites excluding steroid dienone is 2. The number of primary amides is 1. The second-order valence-corrected chi connectivity index (χ2v) is 5.93. The fraction of sp³-hybridized carbons (Fsp3) is 0.211. The van der Waals surface area contributed by atoms with Crippen molar-refractivity contribution in [2.75, 3.05) is 0 Å². The van der Waals surface area contributed by atoms with Gasteiger partial charge in [0.2, 0.25) is 5.91 Å². The normalized spacial score (nSPS) is 29.1. The molecule has 3 atom stereocenters. The van der Waals surface area contributed by atoms with Crippen molar-refractivity contribution in [3.05, 3.63) is 83.4 Å². The van der Waals surface area contributed by atoms with E-state index in [2.05, 4.69) is 36.4 Å². The van der Waals surface area contributed by atoms with Crippen molar-refractivity contribution in [1.29, 1.82) is 0 Å². The van der Waals surface area contributed by atoms with Gasteiger partial charge in [-0.25, -0.2) is 0 Å². The zero-order valence-corrected chi connectivity index (χ0v) is 11.7. The van der Waals surface area contributed by atoms with Crippen molar-refractivity contribution in [2.45, 2.75) is 23.7 Å². The summed E-state index contributed by atoms with van der Waals surface area (Å²) in [6.45, 7) is 0. The first kappa shape index (κ1) is 12.4. The molecule has 2 N–H and O–H groups in total. The Bertz CT molecular complexity index is 734. The van der Waals surface area contributed by atoms with Gasteiger partial charge in [0.1, 0.15) is 0 Å². The second kappa shape index (κ2) is 4.32. The fourth-order valence-corrected chi connectivity index (χ4v) is 4.22. The summed E-state index contributed by atoms with van der Waals surface area (Å²) < 4.78 is 0. The van der Waals surface area contributed by atoms with Gasteiger partial charge in [-0.2, -0.15) is 0 Å². The van der Waals surface area contributed by atoms with E-state index in [0.717, 1.165) is 12.0 Å². The Morgan fingerprint density at radius 3 is 2.52 bits per heavy atom. The average Bonchev–Trinajstić information content (AvgIpc) is 2.52. The first-order valence-electron chi connectivity index (χ1n) is 7.37. The second-order valence-electron chi connectivity index (χ2n) is 5.93. The number of hydrogen-bond donors (Lipinski definition) is 1. The van der Waals surface area contributed by atoms with Crippen LogP contribution < -0.4 is 5.73 Å². The molecule has 2 aliphatic carbocycles. The predicted molar refractivity (Wildman–Crippen MR) is 83.0 cm³/mol. The molecule has 0 radical (unpaired) electrons. The van der Waals surface area contributed by atoms with Crippen molar-refractivity contribution in [3.8, 4) is 0 Å². The van der Waals surface area contributed by atoms with Crippen LogP contribution in [0.5, 0.6) is 0 Å². The Morgan fingerprint density at radius 1 is 1.05 bits per heavy atom. The van der Waals surface area contributed by atoms with Crippen LogP contribution in [0.3, 0.4) is 0 Å². The van der Waals surface area contributed by atoms with E-state index >= 15 is 0 Å². The summed E-state index contributed by atoms with van der Waals surface area (Å²) in [6, 6.07) is 18.5. The molecular formula is C19H17NO. The van der Waals surface area contributed by atoms with Gasteiger partial charge in [0.05, 0.1) is 5.41 Å². The summed E-state index contributed by atoms with van der Waals surface area (Å²) in [5.41, 5.74) is 8.89. The minimum Gasteiger partial charge on any atom is -0.369 e. The molecule has 2 aromatic rings. The van der Waals surface area contributed by atoms with Gasteiger partial charge in [-0.3, -0.25) is 4.79 Å². The lowest BCUT2D eigenvalue weighted by molar-refractivity contribution is -0.126. The van der Waals surface area contributed by atoms with Gasteiger partial charge in [-0.1, -0.05) is 66.7 Å². The number of benzene rings is 2. The van der Waals surface area contributed by atoms with Gasteiger partial charge in [0, 0.05) is 11.8 Å². The van der Waals surface area contributed by atoms with Crippen LogP contribution in [0.4, 0.5) is 0 Å². The van der Waals surface area contributed by atoms with E-state index in [1.54, 1.807) is 0 Å². The lowest BCUT2D eigenvalue weighted by Crippen LogP contribution is -2.57. The van der Waals surface area contributed by atoms with E-state index in [1.165, 1.54) is 11.1 Å². The molecular weight excluding hydrogens is 258 g/mol. The SMILES string of the molecule is NC(=O)[C@@]12c3ccccc3C1C=CC[C@@H]2c1ccccc1. The lowest BCUT2D eigenvalue weighted by atomic mass is 9.47. The molecule has 2 nitrogen and oxygen atoms in total. The monoisotopic (exact) mass is 275 g/mol. The Labute approximate surface area is 124 Å². The maximum atomic E-state index is 12.5. The van der Waals surface area contributed by atoms with E-state index in [0.29, 0.717) is 0 Å². The van der Waals surface area contributed by atoms with Crippen LogP contribution in [0.15, 0.2) is 66.7 Å². The highest BCUT2D eigenvalue weighted by Crippen LogP contribution is 2.62. The Kier molecular flexibility index (Phi) is 2.55. The van der Waals surface area contributed by atoms with Gasteiger partial charge >= 0.3 is 0 Å². The first-order valence-corrected chi connectivity index (χ1v) is 7.37. The van der Waals surface area contributed by atoms with Crippen LogP contribution in [0.2, 0.25) is 0 Å². The van der Waals surface area contributed by atoms with Gasteiger partial charge in [0.15, 0.2) is 0 Å². The molecule has 2 aromatic carbocycles. The molecule has 4 rings (SSSR count). The molecule has 0 aliphatic heterocycles.